The van der Waals surface area contributed by atoms with Gasteiger partial charge in [-0.2, -0.15) is 0 Å². The summed E-state index contributed by atoms with van der Waals surface area (Å²) < 4.78 is 13.6. The van der Waals surface area contributed by atoms with Crippen LogP contribution in [0.15, 0.2) is 27.4 Å². The maximum atomic E-state index is 11.8. The Kier molecular flexibility index (Phi) is 3.43. The summed E-state index contributed by atoms with van der Waals surface area (Å²) >= 11 is 2.21. The van der Waals surface area contributed by atoms with Gasteiger partial charge in [-0.1, -0.05) is 0 Å². The van der Waals surface area contributed by atoms with Crippen LogP contribution in [0.1, 0.15) is 19.3 Å². The molecular formula is C13H14INO3. The molecule has 0 bridgehead atoms. The highest BCUT2D eigenvalue weighted by Crippen LogP contribution is 2.19. The SMILES string of the molecule is O=c1oc2cc(I)ccc2n1CCC1CCCO1. The Bertz CT molecular complexity index is 610. The van der Waals surface area contributed by atoms with Gasteiger partial charge in [0.15, 0.2) is 5.58 Å². The molecule has 18 heavy (non-hydrogen) atoms. The fourth-order valence-electron chi connectivity index (χ4n) is 2.40. The molecule has 0 radical (unpaired) electrons. The monoisotopic (exact) mass is 359 g/mol. The van der Waals surface area contributed by atoms with E-state index in [1.165, 1.54) is 0 Å². The van der Waals surface area contributed by atoms with Crippen LogP contribution >= 0.6 is 22.6 Å². The fourth-order valence-corrected chi connectivity index (χ4v) is 2.86. The molecule has 0 amide bonds. The van der Waals surface area contributed by atoms with Crippen molar-refractivity contribution in [3.8, 4) is 0 Å². The van der Waals surface area contributed by atoms with Gasteiger partial charge >= 0.3 is 5.76 Å². The topological polar surface area (TPSA) is 44.4 Å². The standard InChI is InChI=1S/C13H14INO3/c14-9-3-4-11-12(8-9)18-13(16)15(11)6-5-10-2-1-7-17-10/h3-4,8,10H,1-2,5-7H2. The summed E-state index contributed by atoms with van der Waals surface area (Å²) in [5, 5.41) is 0. The Labute approximate surface area is 118 Å². The summed E-state index contributed by atoms with van der Waals surface area (Å²) in [5.74, 6) is -0.273. The van der Waals surface area contributed by atoms with E-state index in [4.69, 9.17) is 9.15 Å². The number of oxazole rings is 1. The predicted octanol–water partition coefficient (Wildman–Crippen LogP) is 2.77. The number of nitrogens with zero attached hydrogens (tertiary/aromatic N) is 1. The lowest BCUT2D eigenvalue weighted by Gasteiger charge is -2.08. The molecule has 1 aromatic carbocycles. The highest BCUT2D eigenvalue weighted by atomic mass is 127. The minimum atomic E-state index is -0.273. The molecule has 2 aromatic rings. The zero-order chi connectivity index (χ0) is 12.5. The average Bonchev–Trinajstić information content (AvgIpc) is 2.93. The van der Waals surface area contributed by atoms with Crippen LogP contribution < -0.4 is 5.76 Å². The Morgan fingerprint density at radius 2 is 2.33 bits per heavy atom. The van der Waals surface area contributed by atoms with Gasteiger partial charge in [-0.15, -0.1) is 0 Å². The van der Waals surface area contributed by atoms with Crippen molar-refractivity contribution in [3.05, 3.63) is 32.3 Å². The second kappa shape index (κ2) is 5.05. The van der Waals surface area contributed by atoms with E-state index in [2.05, 4.69) is 22.6 Å². The minimum absolute atomic E-state index is 0.273. The Balaban J connectivity index is 1.86. The molecule has 0 saturated carbocycles. The van der Waals surface area contributed by atoms with E-state index in [0.717, 1.165) is 35.0 Å². The molecule has 0 aliphatic carbocycles. The molecule has 3 rings (SSSR count). The van der Waals surface area contributed by atoms with Crippen LogP contribution in [0.25, 0.3) is 11.1 Å². The first kappa shape index (κ1) is 12.2. The number of aromatic nitrogens is 1. The van der Waals surface area contributed by atoms with E-state index in [1.54, 1.807) is 4.57 Å². The van der Waals surface area contributed by atoms with Crippen LogP contribution in [0.2, 0.25) is 0 Å². The molecule has 1 saturated heterocycles. The Hall–Kier alpha value is -0.820. The highest BCUT2D eigenvalue weighted by Gasteiger charge is 2.17. The molecule has 1 unspecified atom stereocenters. The van der Waals surface area contributed by atoms with E-state index in [-0.39, 0.29) is 5.76 Å². The normalized spacial score (nSPS) is 19.7. The van der Waals surface area contributed by atoms with Crippen molar-refractivity contribution in [3.63, 3.8) is 0 Å². The lowest BCUT2D eigenvalue weighted by Crippen LogP contribution is -2.18. The van der Waals surface area contributed by atoms with E-state index in [0.29, 0.717) is 18.2 Å². The van der Waals surface area contributed by atoms with Gasteiger partial charge in [-0.3, -0.25) is 4.57 Å². The number of benzene rings is 1. The van der Waals surface area contributed by atoms with E-state index in [1.807, 2.05) is 18.2 Å². The molecule has 1 fully saturated rings. The summed E-state index contributed by atoms with van der Waals surface area (Å²) in [6.45, 7) is 1.51. The Morgan fingerprint density at radius 3 is 3.11 bits per heavy atom. The molecule has 2 heterocycles. The van der Waals surface area contributed by atoms with Crippen molar-refractivity contribution in [2.75, 3.05) is 6.61 Å². The van der Waals surface area contributed by atoms with Crippen LogP contribution in [0.3, 0.4) is 0 Å². The van der Waals surface area contributed by atoms with Gasteiger partial charge in [0.05, 0.1) is 11.6 Å². The van der Waals surface area contributed by atoms with Crippen LogP contribution in [0.4, 0.5) is 0 Å². The zero-order valence-corrected chi connectivity index (χ0v) is 12.1. The Morgan fingerprint density at radius 1 is 1.44 bits per heavy atom. The van der Waals surface area contributed by atoms with Gasteiger partial charge in [0.1, 0.15) is 0 Å². The van der Waals surface area contributed by atoms with Gasteiger partial charge in [0.25, 0.3) is 0 Å². The third kappa shape index (κ3) is 2.33. The third-order valence-electron chi connectivity index (χ3n) is 3.33. The number of rotatable bonds is 3. The zero-order valence-electron chi connectivity index (χ0n) is 9.89. The predicted molar refractivity (Wildman–Crippen MR) is 76.8 cm³/mol. The van der Waals surface area contributed by atoms with Gasteiger partial charge < -0.3 is 9.15 Å². The van der Waals surface area contributed by atoms with Gasteiger partial charge in [0, 0.05) is 16.7 Å². The summed E-state index contributed by atoms with van der Waals surface area (Å²) in [7, 11) is 0. The molecule has 1 atom stereocenters. The first-order chi connectivity index (χ1) is 8.74. The number of aryl methyl sites for hydroxylation is 1. The maximum Gasteiger partial charge on any atom is 0.419 e. The molecule has 96 valence electrons. The third-order valence-corrected chi connectivity index (χ3v) is 4.00. The lowest BCUT2D eigenvalue weighted by molar-refractivity contribution is 0.100. The quantitative estimate of drug-likeness (QED) is 0.792. The molecule has 1 aromatic heterocycles. The first-order valence-corrected chi connectivity index (χ1v) is 7.22. The number of fused-ring (bicyclic) bond motifs is 1. The van der Waals surface area contributed by atoms with Crippen LogP contribution in [0, 0.1) is 3.57 Å². The van der Waals surface area contributed by atoms with Gasteiger partial charge in [0.2, 0.25) is 0 Å². The number of hydrogen-bond acceptors (Lipinski definition) is 3. The molecule has 1 aliphatic rings. The molecule has 0 N–H and O–H groups in total. The second-order valence-corrected chi connectivity index (χ2v) is 5.80. The van der Waals surface area contributed by atoms with Crippen molar-refractivity contribution in [1.82, 2.24) is 4.57 Å². The first-order valence-electron chi connectivity index (χ1n) is 6.14. The van der Waals surface area contributed by atoms with Crippen molar-refractivity contribution < 1.29 is 9.15 Å². The summed E-state index contributed by atoms with van der Waals surface area (Å²) in [6.07, 6.45) is 3.40. The van der Waals surface area contributed by atoms with E-state index in [9.17, 15) is 4.79 Å². The van der Waals surface area contributed by atoms with Crippen molar-refractivity contribution in [2.24, 2.45) is 0 Å². The molecule has 4 nitrogen and oxygen atoms in total. The largest absolute Gasteiger partial charge is 0.419 e. The van der Waals surface area contributed by atoms with Crippen molar-refractivity contribution >= 4 is 33.7 Å². The molecule has 5 heteroatoms. The summed E-state index contributed by atoms with van der Waals surface area (Å²) in [5.41, 5.74) is 1.54. The lowest BCUT2D eigenvalue weighted by atomic mass is 10.2. The van der Waals surface area contributed by atoms with Crippen LogP contribution in [0.5, 0.6) is 0 Å². The van der Waals surface area contributed by atoms with Crippen LogP contribution in [-0.2, 0) is 11.3 Å². The maximum absolute atomic E-state index is 11.8. The number of hydrogen-bond donors (Lipinski definition) is 0. The number of halogens is 1. The van der Waals surface area contributed by atoms with E-state index >= 15 is 0 Å². The van der Waals surface area contributed by atoms with Gasteiger partial charge in [-0.25, -0.2) is 4.79 Å². The summed E-state index contributed by atoms with van der Waals surface area (Å²) in [4.78, 5) is 11.8. The fraction of sp³-hybridized carbons (Fsp3) is 0.462. The second-order valence-electron chi connectivity index (χ2n) is 4.56. The minimum Gasteiger partial charge on any atom is -0.408 e. The smallest absolute Gasteiger partial charge is 0.408 e. The summed E-state index contributed by atoms with van der Waals surface area (Å²) in [6, 6.07) is 5.82. The molecule has 1 aliphatic heterocycles. The van der Waals surface area contributed by atoms with E-state index < -0.39 is 0 Å². The molecular weight excluding hydrogens is 345 g/mol. The average molecular weight is 359 g/mol. The van der Waals surface area contributed by atoms with Crippen molar-refractivity contribution in [2.45, 2.75) is 31.9 Å². The van der Waals surface area contributed by atoms with Gasteiger partial charge in [-0.05, 0) is 60.1 Å². The number of ether oxygens (including phenoxy) is 1. The highest BCUT2D eigenvalue weighted by molar-refractivity contribution is 14.1. The van der Waals surface area contributed by atoms with Crippen molar-refractivity contribution in [1.29, 1.82) is 0 Å². The van der Waals surface area contributed by atoms with Crippen LogP contribution in [-0.4, -0.2) is 17.3 Å². The molecule has 0 spiro atoms.